The van der Waals surface area contributed by atoms with Crippen molar-refractivity contribution in [1.29, 1.82) is 0 Å². The van der Waals surface area contributed by atoms with Crippen molar-refractivity contribution in [3.8, 4) is 0 Å². The maximum absolute atomic E-state index is 12.4. The molecule has 1 fully saturated rings. The summed E-state index contributed by atoms with van der Waals surface area (Å²) in [6, 6.07) is 10.7. The lowest BCUT2D eigenvalue weighted by Crippen LogP contribution is -2.44. The molecule has 1 saturated heterocycles. The highest BCUT2D eigenvalue weighted by molar-refractivity contribution is 7.09. The summed E-state index contributed by atoms with van der Waals surface area (Å²) in [5, 5.41) is 6.19. The lowest BCUT2D eigenvalue weighted by atomic mass is 9.90. The van der Waals surface area contributed by atoms with Crippen LogP contribution in [0.4, 0.5) is 4.79 Å². The summed E-state index contributed by atoms with van der Waals surface area (Å²) in [4.78, 5) is 19.0. The van der Waals surface area contributed by atoms with Crippen molar-refractivity contribution >= 4 is 17.4 Å². The molecule has 1 aliphatic heterocycles. The third-order valence-electron chi connectivity index (χ3n) is 4.88. The summed E-state index contributed by atoms with van der Waals surface area (Å²) in [6.07, 6.45) is 3.27. The molecule has 3 rings (SSSR count). The van der Waals surface area contributed by atoms with Gasteiger partial charge in [-0.25, -0.2) is 9.78 Å². The number of piperidine rings is 1. The fraction of sp³-hybridized carbons (Fsp3) is 0.524. The Bertz CT molecular complexity index is 712. The molecule has 4 nitrogen and oxygen atoms in total. The molecule has 0 spiro atoms. The van der Waals surface area contributed by atoms with Gasteiger partial charge in [0, 0.05) is 23.9 Å². The normalized spacial score (nSPS) is 15.9. The summed E-state index contributed by atoms with van der Waals surface area (Å²) >= 11 is 1.67. The van der Waals surface area contributed by atoms with Gasteiger partial charge in [-0.05, 0) is 30.7 Å². The Hall–Kier alpha value is -1.88. The monoisotopic (exact) mass is 371 g/mol. The first-order valence-corrected chi connectivity index (χ1v) is 10.3. The fourth-order valence-electron chi connectivity index (χ4n) is 3.30. The van der Waals surface area contributed by atoms with Crippen LogP contribution in [0.15, 0.2) is 35.7 Å². The van der Waals surface area contributed by atoms with Crippen molar-refractivity contribution in [2.45, 2.75) is 52.0 Å². The van der Waals surface area contributed by atoms with Crippen LogP contribution in [0.25, 0.3) is 0 Å². The number of rotatable bonds is 4. The first-order chi connectivity index (χ1) is 12.4. The highest BCUT2D eigenvalue weighted by Gasteiger charge is 2.23. The van der Waals surface area contributed by atoms with Gasteiger partial charge in [0.1, 0.15) is 0 Å². The number of likely N-dealkylation sites (tertiary alicyclic amines) is 1. The number of hydrogen-bond acceptors (Lipinski definition) is 3. The average Bonchev–Trinajstić information content (AvgIpc) is 3.11. The molecule has 140 valence electrons. The van der Waals surface area contributed by atoms with Crippen LogP contribution in [0.1, 0.15) is 49.9 Å². The molecule has 0 atom stereocenters. The Morgan fingerprint density at radius 3 is 2.54 bits per heavy atom. The number of carbonyl (C=O) groups is 1. The minimum Gasteiger partial charge on any atom is -0.332 e. The lowest BCUT2D eigenvalue weighted by Gasteiger charge is -2.32. The highest BCUT2D eigenvalue weighted by atomic mass is 32.1. The molecule has 1 N–H and O–H groups in total. The van der Waals surface area contributed by atoms with E-state index in [4.69, 9.17) is 0 Å². The topological polar surface area (TPSA) is 45.2 Å². The first kappa shape index (κ1) is 18.9. The Balaban J connectivity index is 1.43. The summed E-state index contributed by atoms with van der Waals surface area (Å²) in [6.45, 7) is 8.67. The maximum Gasteiger partial charge on any atom is 0.317 e. The Morgan fingerprint density at radius 2 is 1.92 bits per heavy atom. The Kier molecular flexibility index (Phi) is 5.97. The second-order valence-corrected chi connectivity index (χ2v) is 9.03. The zero-order valence-electron chi connectivity index (χ0n) is 16.0. The number of benzene rings is 1. The second-order valence-electron chi connectivity index (χ2n) is 8.17. The van der Waals surface area contributed by atoms with Gasteiger partial charge in [0.2, 0.25) is 0 Å². The highest BCUT2D eigenvalue weighted by Crippen LogP contribution is 2.25. The maximum atomic E-state index is 12.4. The third kappa shape index (κ3) is 5.07. The van der Waals surface area contributed by atoms with E-state index in [1.165, 1.54) is 5.56 Å². The van der Waals surface area contributed by atoms with Crippen LogP contribution >= 0.6 is 11.3 Å². The zero-order chi connectivity index (χ0) is 18.6. The smallest absolute Gasteiger partial charge is 0.317 e. The van der Waals surface area contributed by atoms with Crippen molar-refractivity contribution in [3.63, 3.8) is 0 Å². The predicted octanol–water partition coefficient (Wildman–Crippen LogP) is 4.60. The van der Waals surface area contributed by atoms with Crippen LogP contribution in [-0.4, -0.2) is 29.0 Å². The van der Waals surface area contributed by atoms with Crippen LogP contribution in [-0.2, 0) is 18.4 Å². The van der Waals surface area contributed by atoms with Gasteiger partial charge >= 0.3 is 6.03 Å². The van der Waals surface area contributed by atoms with E-state index in [9.17, 15) is 4.79 Å². The molecule has 0 radical (unpaired) electrons. The molecule has 0 bridgehead atoms. The molecule has 5 heteroatoms. The van der Waals surface area contributed by atoms with Gasteiger partial charge < -0.3 is 10.2 Å². The standard InChI is InChI=1S/C21H29N3OS/c1-21(2,3)19-23-18(15-26-19)14-22-20(25)24-11-9-17(10-12-24)13-16-7-5-4-6-8-16/h4-8,15,17H,9-14H2,1-3H3,(H,22,25). The van der Waals surface area contributed by atoms with E-state index in [1.54, 1.807) is 11.3 Å². The number of urea groups is 1. The number of thiazole rings is 1. The number of amides is 2. The van der Waals surface area contributed by atoms with Crippen molar-refractivity contribution in [3.05, 3.63) is 52.0 Å². The molecule has 2 aromatic rings. The predicted molar refractivity (Wildman–Crippen MR) is 107 cm³/mol. The first-order valence-electron chi connectivity index (χ1n) is 9.43. The van der Waals surface area contributed by atoms with Gasteiger partial charge in [-0.1, -0.05) is 51.1 Å². The summed E-state index contributed by atoms with van der Waals surface area (Å²) in [5.41, 5.74) is 2.41. The van der Waals surface area contributed by atoms with Gasteiger partial charge in [0.15, 0.2) is 0 Å². The van der Waals surface area contributed by atoms with E-state index >= 15 is 0 Å². The molecule has 2 amide bonds. The van der Waals surface area contributed by atoms with Crippen molar-refractivity contribution < 1.29 is 4.79 Å². The number of carbonyl (C=O) groups excluding carboxylic acids is 1. The molecule has 2 heterocycles. The van der Waals surface area contributed by atoms with Crippen LogP contribution in [0.3, 0.4) is 0 Å². The summed E-state index contributed by atoms with van der Waals surface area (Å²) in [7, 11) is 0. The molecule has 1 aromatic heterocycles. The van der Waals surface area contributed by atoms with Gasteiger partial charge in [-0.2, -0.15) is 0 Å². The molecule has 0 aliphatic carbocycles. The van der Waals surface area contributed by atoms with Gasteiger partial charge in [-0.15, -0.1) is 11.3 Å². The average molecular weight is 372 g/mol. The quantitative estimate of drug-likeness (QED) is 0.853. The number of aromatic nitrogens is 1. The SMILES string of the molecule is CC(C)(C)c1nc(CNC(=O)N2CCC(Cc3ccccc3)CC2)cs1. The van der Waals surface area contributed by atoms with Crippen LogP contribution in [0.5, 0.6) is 0 Å². The second kappa shape index (κ2) is 8.21. The van der Waals surface area contributed by atoms with E-state index in [0.29, 0.717) is 12.5 Å². The van der Waals surface area contributed by atoms with Gasteiger partial charge in [0.25, 0.3) is 0 Å². The van der Waals surface area contributed by atoms with Gasteiger partial charge in [-0.3, -0.25) is 0 Å². The van der Waals surface area contributed by atoms with Crippen LogP contribution < -0.4 is 5.32 Å². The van der Waals surface area contributed by atoms with E-state index in [2.05, 4.69) is 61.4 Å². The largest absolute Gasteiger partial charge is 0.332 e. The van der Waals surface area contributed by atoms with Crippen molar-refractivity contribution in [2.75, 3.05) is 13.1 Å². The molecule has 0 unspecified atom stereocenters. The van der Waals surface area contributed by atoms with Crippen molar-refractivity contribution in [1.82, 2.24) is 15.2 Å². The third-order valence-corrected chi connectivity index (χ3v) is 6.20. The summed E-state index contributed by atoms with van der Waals surface area (Å²) in [5.74, 6) is 0.675. The van der Waals surface area contributed by atoms with Gasteiger partial charge in [0.05, 0.1) is 17.2 Å². The zero-order valence-corrected chi connectivity index (χ0v) is 16.8. The molecular weight excluding hydrogens is 342 g/mol. The molecule has 1 aromatic carbocycles. The minimum atomic E-state index is 0.0356. The van der Waals surface area contributed by atoms with E-state index in [1.807, 2.05) is 10.3 Å². The number of hydrogen-bond donors (Lipinski definition) is 1. The van der Waals surface area contributed by atoms with E-state index in [-0.39, 0.29) is 11.4 Å². The van der Waals surface area contributed by atoms with E-state index < -0.39 is 0 Å². The molecule has 0 saturated carbocycles. The van der Waals surface area contributed by atoms with Crippen LogP contribution in [0.2, 0.25) is 0 Å². The number of nitrogens with one attached hydrogen (secondary N) is 1. The Morgan fingerprint density at radius 1 is 1.23 bits per heavy atom. The molecule has 1 aliphatic rings. The summed E-state index contributed by atoms with van der Waals surface area (Å²) < 4.78 is 0. The van der Waals surface area contributed by atoms with Crippen molar-refractivity contribution in [2.24, 2.45) is 5.92 Å². The van der Waals surface area contributed by atoms with Crippen LogP contribution in [0, 0.1) is 5.92 Å². The minimum absolute atomic E-state index is 0.0356. The fourth-order valence-corrected chi connectivity index (χ4v) is 4.21. The molecule has 26 heavy (non-hydrogen) atoms. The number of nitrogens with zero attached hydrogens (tertiary/aromatic N) is 2. The van der Waals surface area contributed by atoms with E-state index in [0.717, 1.165) is 43.1 Å². The lowest BCUT2D eigenvalue weighted by molar-refractivity contribution is 0.170. The molecular formula is C21H29N3OS. The Labute approximate surface area is 160 Å².